The summed E-state index contributed by atoms with van der Waals surface area (Å²) < 4.78 is 39.7. The Hall–Kier alpha value is -1.21. The van der Waals surface area contributed by atoms with Crippen LogP contribution in [-0.2, 0) is 0 Å². The second-order valence-electron chi connectivity index (χ2n) is 2.85. The van der Waals surface area contributed by atoms with Crippen LogP contribution in [0.4, 0.5) is 13.2 Å². The summed E-state index contributed by atoms with van der Waals surface area (Å²) in [4.78, 5) is 0. The van der Waals surface area contributed by atoms with E-state index in [1.165, 1.54) is 18.2 Å². The van der Waals surface area contributed by atoms with Gasteiger partial charge >= 0.3 is 13.3 Å². The van der Waals surface area contributed by atoms with Crippen molar-refractivity contribution in [1.82, 2.24) is 0 Å². The number of hydrogen-bond acceptors (Lipinski definition) is 3. The van der Waals surface area contributed by atoms with Gasteiger partial charge in [0, 0.05) is 0 Å². The lowest BCUT2D eigenvalue weighted by molar-refractivity contribution is -0.153. The van der Waals surface area contributed by atoms with Crippen LogP contribution in [0.1, 0.15) is 0 Å². The zero-order chi connectivity index (χ0) is 11.5. The molecule has 0 aromatic heterocycles. The van der Waals surface area contributed by atoms with Crippen molar-refractivity contribution < 1.29 is 28.0 Å². The minimum absolute atomic E-state index is 0.0575. The van der Waals surface area contributed by atoms with E-state index in [-0.39, 0.29) is 11.2 Å². The maximum absolute atomic E-state index is 11.8. The van der Waals surface area contributed by atoms with Gasteiger partial charge in [0.05, 0.1) is 0 Å². The summed E-state index contributed by atoms with van der Waals surface area (Å²) in [6.07, 6.45) is -4.41. The van der Waals surface area contributed by atoms with Crippen molar-refractivity contribution in [1.29, 1.82) is 0 Å². The van der Waals surface area contributed by atoms with Gasteiger partial charge in [-0.2, -0.15) is 13.2 Å². The highest BCUT2D eigenvalue weighted by atomic mass is 19.4. The Morgan fingerprint density at radius 2 is 1.93 bits per heavy atom. The summed E-state index contributed by atoms with van der Waals surface area (Å²) in [5.41, 5.74) is 0.0784. The van der Waals surface area contributed by atoms with E-state index in [9.17, 15) is 13.2 Å². The van der Waals surface area contributed by atoms with Crippen LogP contribution in [0.15, 0.2) is 24.3 Å². The fourth-order valence-electron chi connectivity index (χ4n) is 0.930. The van der Waals surface area contributed by atoms with E-state index in [2.05, 4.69) is 4.74 Å². The highest BCUT2D eigenvalue weighted by molar-refractivity contribution is 6.58. The van der Waals surface area contributed by atoms with Crippen LogP contribution in [0, 0.1) is 0 Å². The molecule has 1 aromatic carbocycles. The monoisotopic (exact) mass is 220 g/mol. The first-order valence-electron chi connectivity index (χ1n) is 4.04. The molecule has 3 nitrogen and oxygen atoms in total. The van der Waals surface area contributed by atoms with Gasteiger partial charge in [-0.05, 0) is 17.6 Å². The molecular formula is C8H8BF3O3. The smallest absolute Gasteiger partial charge is 0.484 e. The van der Waals surface area contributed by atoms with Crippen LogP contribution < -0.4 is 10.2 Å². The molecule has 0 aliphatic heterocycles. The van der Waals surface area contributed by atoms with Gasteiger partial charge in [-0.15, -0.1) is 0 Å². The number of halogens is 3. The molecule has 0 spiro atoms. The minimum atomic E-state index is -4.41. The molecule has 0 aliphatic rings. The van der Waals surface area contributed by atoms with Crippen LogP contribution in [0.3, 0.4) is 0 Å². The van der Waals surface area contributed by atoms with Gasteiger partial charge in [-0.1, -0.05) is 12.1 Å². The normalized spacial score (nSPS) is 11.3. The van der Waals surface area contributed by atoms with Crippen molar-refractivity contribution in [2.24, 2.45) is 0 Å². The third kappa shape index (κ3) is 4.22. The second kappa shape index (κ2) is 4.54. The molecular weight excluding hydrogens is 212 g/mol. The Morgan fingerprint density at radius 3 is 2.47 bits per heavy atom. The topological polar surface area (TPSA) is 49.7 Å². The number of ether oxygens (including phenoxy) is 1. The predicted octanol–water partition coefficient (Wildman–Crippen LogP) is 0.307. The fourth-order valence-corrected chi connectivity index (χ4v) is 0.930. The maximum atomic E-state index is 11.8. The van der Waals surface area contributed by atoms with Gasteiger partial charge in [0.25, 0.3) is 0 Å². The molecule has 0 heterocycles. The van der Waals surface area contributed by atoms with E-state index in [0.717, 1.165) is 6.07 Å². The maximum Gasteiger partial charge on any atom is 0.488 e. The minimum Gasteiger partial charge on any atom is -0.484 e. The first-order chi connectivity index (χ1) is 6.88. The van der Waals surface area contributed by atoms with E-state index >= 15 is 0 Å². The van der Waals surface area contributed by atoms with E-state index in [1.807, 2.05) is 0 Å². The van der Waals surface area contributed by atoms with Gasteiger partial charge in [0.1, 0.15) is 5.75 Å². The molecule has 0 unspecified atom stereocenters. The summed E-state index contributed by atoms with van der Waals surface area (Å²) in [7, 11) is -1.72. The van der Waals surface area contributed by atoms with E-state index < -0.39 is 19.9 Å². The molecule has 0 aliphatic carbocycles. The van der Waals surface area contributed by atoms with Crippen molar-refractivity contribution in [3.63, 3.8) is 0 Å². The second-order valence-corrected chi connectivity index (χ2v) is 2.85. The predicted molar refractivity (Wildman–Crippen MR) is 47.8 cm³/mol. The van der Waals surface area contributed by atoms with Crippen LogP contribution in [0.2, 0.25) is 0 Å². The van der Waals surface area contributed by atoms with Gasteiger partial charge in [-0.25, -0.2) is 0 Å². The van der Waals surface area contributed by atoms with Crippen molar-refractivity contribution in [2.75, 3.05) is 6.61 Å². The van der Waals surface area contributed by atoms with Crippen LogP contribution >= 0.6 is 0 Å². The summed E-state index contributed by atoms with van der Waals surface area (Å²) in [5, 5.41) is 17.5. The first kappa shape index (κ1) is 11.9. The van der Waals surface area contributed by atoms with Crippen LogP contribution in [-0.4, -0.2) is 29.9 Å². The van der Waals surface area contributed by atoms with E-state index in [4.69, 9.17) is 10.0 Å². The molecule has 0 saturated heterocycles. The summed E-state index contributed by atoms with van der Waals surface area (Å²) >= 11 is 0. The zero-order valence-electron chi connectivity index (χ0n) is 7.53. The van der Waals surface area contributed by atoms with Gasteiger partial charge in [-0.3, -0.25) is 0 Å². The Bertz CT molecular complexity index is 327. The Balaban J connectivity index is 2.66. The average molecular weight is 220 g/mol. The highest BCUT2D eigenvalue weighted by Crippen LogP contribution is 2.17. The molecule has 0 radical (unpaired) electrons. The van der Waals surface area contributed by atoms with Gasteiger partial charge in [0.15, 0.2) is 6.61 Å². The molecule has 1 rings (SSSR count). The van der Waals surface area contributed by atoms with E-state index in [1.54, 1.807) is 0 Å². The lowest BCUT2D eigenvalue weighted by atomic mass is 9.80. The summed E-state index contributed by atoms with van der Waals surface area (Å²) in [5.74, 6) is -0.0575. The fraction of sp³-hybridized carbons (Fsp3) is 0.250. The molecule has 0 amide bonds. The van der Waals surface area contributed by atoms with Crippen molar-refractivity contribution in [3.05, 3.63) is 24.3 Å². The molecule has 15 heavy (non-hydrogen) atoms. The SMILES string of the molecule is OB(O)c1cccc(OCC(F)(F)F)c1. The third-order valence-corrected chi connectivity index (χ3v) is 1.56. The molecule has 0 fully saturated rings. The Morgan fingerprint density at radius 1 is 1.27 bits per heavy atom. The van der Waals surface area contributed by atoms with Crippen molar-refractivity contribution in [3.8, 4) is 5.75 Å². The van der Waals surface area contributed by atoms with Crippen LogP contribution in [0.25, 0.3) is 0 Å². The largest absolute Gasteiger partial charge is 0.488 e. The molecule has 82 valence electrons. The Labute approximate surface area is 84.3 Å². The highest BCUT2D eigenvalue weighted by Gasteiger charge is 2.28. The number of hydrogen-bond donors (Lipinski definition) is 2. The molecule has 0 atom stereocenters. The average Bonchev–Trinajstić information content (AvgIpc) is 2.14. The summed E-state index contributed by atoms with van der Waals surface area (Å²) in [6.45, 7) is -1.40. The van der Waals surface area contributed by atoms with Gasteiger partial charge < -0.3 is 14.8 Å². The number of benzene rings is 1. The number of rotatable bonds is 3. The molecule has 1 aromatic rings. The molecule has 0 bridgehead atoms. The molecule has 0 saturated carbocycles. The van der Waals surface area contributed by atoms with E-state index in [0.29, 0.717) is 0 Å². The van der Waals surface area contributed by atoms with Gasteiger partial charge in [0.2, 0.25) is 0 Å². The summed E-state index contributed by atoms with van der Waals surface area (Å²) in [6, 6.07) is 5.18. The van der Waals surface area contributed by atoms with Crippen LogP contribution in [0.5, 0.6) is 5.75 Å². The standard InChI is InChI=1S/C8H8BF3O3/c10-8(11,12)5-15-7-3-1-2-6(4-7)9(13)14/h1-4,13-14H,5H2. The third-order valence-electron chi connectivity index (χ3n) is 1.56. The zero-order valence-corrected chi connectivity index (χ0v) is 7.53. The Kier molecular flexibility index (Phi) is 3.59. The van der Waals surface area contributed by atoms with Crippen molar-refractivity contribution in [2.45, 2.75) is 6.18 Å². The quantitative estimate of drug-likeness (QED) is 0.720. The van der Waals surface area contributed by atoms with Crippen molar-refractivity contribution >= 4 is 12.6 Å². The molecule has 2 N–H and O–H groups in total. The lowest BCUT2D eigenvalue weighted by Gasteiger charge is -2.09. The lowest BCUT2D eigenvalue weighted by Crippen LogP contribution is -2.29. The molecule has 7 heteroatoms. The number of alkyl halides is 3. The first-order valence-corrected chi connectivity index (χ1v) is 4.04.